The lowest BCUT2D eigenvalue weighted by Crippen LogP contribution is -2.44. The van der Waals surface area contributed by atoms with Gasteiger partial charge in [-0.3, -0.25) is 10.1 Å². The van der Waals surface area contributed by atoms with E-state index >= 15 is 0 Å². The Labute approximate surface area is 99.2 Å². The Morgan fingerprint density at radius 1 is 1.53 bits per heavy atom. The maximum absolute atomic E-state index is 12.3. The van der Waals surface area contributed by atoms with Crippen molar-refractivity contribution in [1.82, 2.24) is 19.8 Å². The van der Waals surface area contributed by atoms with Crippen LogP contribution in [0.4, 0.5) is 0 Å². The molecule has 2 N–H and O–H groups in total. The number of hydrogen-bond donors (Lipinski definition) is 2. The average molecular weight is 236 g/mol. The Balaban J connectivity index is 1.80. The zero-order valence-electron chi connectivity index (χ0n) is 9.54. The fourth-order valence-corrected chi connectivity index (χ4v) is 2.51. The van der Waals surface area contributed by atoms with E-state index < -0.39 is 0 Å². The summed E-state index contributed by atoms with van der Waals surface area (Å²) in [6.07, 6.45) is 3.92. The molecule has 0 aliphatic carbocycles. The molecule has 92 valence electrons. The number of amides is 1. The number of imidazole rings is 1. The van der Waals surface area contributed by atoms with Crippen molar-refractivity contribution in [1.29, 1.82) is 0 Å². The molecule has 0 bridgehead atoms. The lowest BCUT2D eigenvalue weighted by atomic mass is 10.2. The van der Waals surface area contributed by atoms with Gasteiger partial charge in [-0.15, -0.1) is 0 Å². The first kappa shape index (κ1) is 10.7. The molecule has 1 aromatic rings. The first-order valence-electron chi connectivity index (χ1n) is 5.97. The topological polar surface area (TPSA) is 70.4 Å². The molecule has 1 amide bonds. The van der Waals surface area contributed by atoms with Crippen LogP contribution >= 0.6 is 0 Å². The largest absolute Gasteiger partial charge is 0.391 e. The van der Waals surface area contributed by atoms with Crippen LogP contribution in [-0.2, 0) is 11.3 Å². The van der Waals surface area contributed by atoms with E-state index in [2.05, 4.69) is 10.3 Å². The standard InChI is InChI=1S/C11H16N4O2/c16-8-1-4-15(7-8)11(17)9-10-13-3-6-14(10)5-2-12-9/h3,6,8-9,12,16H,1-2,4-5,7H2. The summed E-state index contributed by atoms with van der Waals surface area (Å²) in [4.78, 5) is 18.3. The molecule has 3 rings (SSSR count). The summed E-state index contributed by atoms with van der Waals surface area (Å²) >= 11 is 0. The van der Waals surface area contributed by atoms with Crippen LogP contribution in [0.5, 0.6) is 0 Å². The minimum Gasteiger partial charge on any atom is -0.391 e. The Morgan fingerprint density at radius 2 is 2.41 bits per heavy atom. The van der Waals surface area contributed by atoms with Gasteiger partial charge in [0.05, 0.1) is 6.10 Å². The summed E-state index contributed by atoms with van der Waals surface area (Å²) in [7, 11) is 0. The number of aliphatic hydroxyl groups excluding tert-OH is 1. The highest BCUT2D eigenvalue weighted by atomic mass is 16.3. The Hall–Kier alpha value is -1.40. The van der Waals surface area contributed by atoms with Crippen LogP contribution in [0, 0.1) is 0 Å². The zero-order chi connectivity index (χ0) is 11.8. The highest BCUT2D eigenvalue weighted by Gasteiger charge is 2.34. The van der Waals surface area contributed by atoms with Gasteiger partial charge in [0.15, 0.2) is 0 Å². The lowest BCUT2D eigenvalue weighted by Gasteiger charge is -2.27. The van der Waals surface area contributed by atoms with Crippen LogP contribution in [0.3, 0.4) is 0 Å². The predicted molar refractivity (Wildman–Crippen MR) is 60.2 cm³/mol. The second kappa shape index (κ2) is 4.12. The van der Waals surface area contributed by atoms with Gasteiger partial charge in [0.1, 0.15) is 11.9 Å². The van der Waals surface area contributed by atoms with E-state index in [0.29, 0.717) is 19.5 Å². The van der Waals surface area contributed by atoms with Gasteiger partial charge in [-0.2, -0.15) is 0 Å². The molecular weight excluding hydrogens is 220 g/mol. The van der Waals surface area contributed by atoms with Gasteiger partial charge in [0, 0.05) is 38.6 Å². The molecule has 2 unspecified atom stereocenters. The summed E-state index contributed by atoms with van der Waals surface area (Å²) in [5.74, 6) is 0.802. The number of nitrogens with zero attached hydrogens (tertiary/aromatic N) is 3. The van der Waals surface area contributed by atoms with Crippen LogP contribution in [0.15, 0.2) is 12.4 Å². The Morgan fingerprint density at radius 3 is 3.18 bits per heavy atom. The van der Waals surface area contributed by atoms with E-state index in [1.165, 1.54) is 0 Å². The first-order valence-corrected chi connectivity index (χ1v) is 5.97. The SMILES string of the molecule is O=C(C1NCCn2ccnc21)N1CCC(O)C1. The molecule has 0 saturated carbocycles. The van der Waals surface area contributed by atoms with E-state index in [9.17, 15) is 9.90 Å². The van der Waals surface area contributed by atoms with Crippen molar-refractivity contribution in [3.63, 3.8) is 0 Å². The molecule has 0 spiro atoms. The first-order chi connectivity index (χ1) is 8.25. The van der Waals surface area contributed by atoms with Crippen molar-refractivity contribution in [2.75, 3.05) is 19.6 Å². The number of likely N-dealkylation sites (tertiary alicyclic amines) is 1. The van der Waals surface area contributed by atoms with E-state index in [4.69, 9.17) is 0 Å². The smallest absolute Gasteiger partial charge is 0.247 e. The number of rotatable bonds is 1. The normalized spacial score (nSPS) is 28.2. The van der Waals surface area contributed by atoms with Gasteiger partial charge in [0.2, 0.25) is 5.91 Å². The van der Waals surface area contributed by atoms with Crippen LogP contribution < -0.4 is 5.32 Å². The molecule has 2 aliphatic heterocycles. The molecule has 1 aromatic heterocycles. The monoisotopic (exact) mass is 236 g/mol. The predicted octanol–water partition coefficient (Wildman–Crippen LogP) is -0.879. The van der Waals surface area contributed by atoms with Crippen molar-refractivity contribution in [3.05, 3.63) is 18.2 Å². The van der Waals surface area contributed by atoms with Crippen LogP contribution in [-0.4, -0.2) is 51.2 Å². The van der Waals surface area contributed by atoms with E-state index in [0.717, 1.165) is 18.9 Å². The minimum atomic E-state index is -0.373. The summed E-state index contributed by atoms with van der Waals surface area (Å²) in [5, 5.41) is 12.7. The van der Waals surface area contributed by atoms with E-state index in [1.807, 2.05) is 10.8 Å². The molecule has 2 aliphatic rings. The molecule has 0 aromatic carbocycles. The van der Waals surface area contributed by atoms with Crippen LogP contribution in [0.2, 0.25) is 0 Å². The summed E-state index contributed by atoms with van der Waals surface area (Å²) in [6, 6.07) is -0.357. The maximum Gasteiger partial charge on any atom is 0.247 e. The third-order valence-electron chi connectivity index (χ3n) is 3.43. The molecular formula is C11H16N4O2. The van der Waals surface area contributed by atoms with Gasteiger partial charge in [0.25, 0.3) is 0 Å². The Bertz CT molecular complexity index is 431. The van der Waals surface area contributed by atoms with Gasteiger partial charge in [-0.05, 0) is 6.42 Å². The lowest BCUT2D eigenvalue weighted by molar-refractivity contribution is -0.133. The number of aromatic nitrogens is 2. The summed E-state index contributed by atoms with van der Waals surface area (Å²) < 4.78 is 2.01. The van der Waals surface area contributed by atoms with Crippen molar-refractivity contribution in [3.8, 4) is 0 Å². The van der Waals surface area contributed by atoms with Crippen LogP contribution in [0.25, 0.3) is 0 Å². The third-order valence-corrected chi connectivity index (χ3v) is 3.43. The number of nitrogens with one attached hydrogen (secondary N) is 1. The van der Waals surface area contributed by atoms with Crippen molar-refractivity contribution in [2.45, 2.75) is 25.1 Å². The highest BCUT2D eigenvalue weighted by Crippen LogP contribution is 2.20. The molecule has 0 radical (unpaired) electrons. The molecule has 3 heterocycles. The van der Waals surface area contributed by atoms with E-state index in [-0.39, 0.29) is 18.1 Å². The third kappa shape index (κ3) is 1.83. The fraction of sp³-hybridized carbons (Fsp3) is 0.636. The van der Waals surface area contributed by atoms with Gasteiger partial charge < -0.3 is 14.6 Å². The average Bonchev–Trinajstić information content (AvgIpc) is 2.95. The molecule has 6 heteroatoms. The number of β-amino-alcohol motifs (C(OH)–C–C–N with tert-alkyl or cyclic N) is 1. The molecule has 17 heavy (non-hydrogen) atoms. The number of carbonyl (C=O) groups is 1. The molecule has 1 fully saturated rings. The van der Waals surface area contributed by atoms with Crippen molar-refractivity contribution < 1.29 is 9.90 Å². The van der Waals surface area contributed by atoms with Crippen molar-refractivity contribution >= 4 is 5.91 Å². The number of fused-ring (bicyclic) bond motifs is 1. The second-order valence-corrected chi connectivity index (χ2v) is 4.59. The quantitative estimate of drug-likeness (QED) is 0.664. The minimum absolute atomic E-state index is 0.0219. The van der Waals surface area contributed by atoms with E-state index in [1.54, 1.807) is 11.1 Å². The molecule has 2 atom stereocenters. The highest BCUT2D eigenvalue weighted by molar-refractivity contribution is 5.83. The Kier molecular flexibility index (Phi) is 2.60. The number of carbonyl (C=O) groups excluding carboxylic acids is 1. The van der Waals surface area contributed by atoms with Crippen molar-refractivity contribution in [2.24, 2.45) is 0 Å². The number of hydrogen-bond acceptors (Lipinski definition) is 4. The zero-order valence-corrected chi connectivity index (χ0v) is 9.54. The van der Waals surface area contributed by atoms with Crippen LogP contribution in [0.1, 0.15) is 18.3 Å². The molecule has 6 nitrogen and oxygen atoms in total. The van der Waals surface area contributed by atoms with Gasteiger partial charge in [-0.1, -0.05) is 0 Å². The fourth-order valence-electron chi connectivity index (χ4n) is 2.51. The number of aliphatic hydroxyl groups is 1. The summed E-state index contributed by atoms with van der Waals surface area (Å²) in [6.45, 7) is 2.70. The van der Waals surface area contributed by atoms with Gasteiger partial charge in [-0.25, -0.2) is 4.98 Å². The maximum atomic E-state index is 12.3. The van der Waals surface area contributed by atoms with Gasteiger partial charge >= 0.3 is 0 Å². The second-order valence-electron chi connectivity index (χ2n) is 4.59. The summed E-state index contributed by atoms with van der Waals surface area (Å²) in [5.41, 5.74) is 0. The molecule has 1 saturated heterocycles.